The summed E-state index contributed by atoms with van der Waals surface area (Å²) in [6, 6.07) is 3.37. The van der Waals surface area contributed by atoms with Crippen LogP contribution in [0.2, 0.25) is 0 Å². The molecule has 0 aromatic heterocycles. The van der Waals surface area contributed by atoms with Gasteiger partial charge in [-0.1, -0.05) is 6.92 Å². The fourth-order valence-electron chi connectivity index (χ4n) is 2.29. The van der Waals surface area contributed by atoms with Crippen molar-refractivity contribution < 1.29 is 14.3 Å². The highest BCUT2D eigenvalue weighted by Crippen LogP contribution is 2.27. The number of nitrogens with one attached hydrogen (secondary N) is 2. The average molecular weight is 266 g/mol. The highest BCUT2D eigenvalue weighted by molar-refractivity contribution is 5.96. The molecule has 0 saturated carbocycles. The summed E-state index contributed by atoms with van der Waals surface area (Å²) < 4.78 is 13.1. The van der Waals surface area contributed by atoms with E-state index in [1.807, 2.05) is 0 Å². The predicted octanol–water partition coefficient (Wildman–Crippen LogP) is 1.65. The van der Waals surface area contributed by atoms with E-state index in [-0.39, 0.29) is 16.7 Å². The van der Waals surface area contributed by atoms with Gasteiger partial charge in [0.1, 0.15) is 11.6 Å². The Labute approximate surface area is 112 Å². The second-order valence-electron chi connectivity index (χ2n) is 5.40. The molecule has 1 fully saturated rings. The molecule has 0 aliphatic carbocycles. The standard InChI is InChI=1S/C14H19FN2O2/c1-14(4-6-16-7-5-14)9-17-13(19)11-8-10(15)2-3-12(11)18/h2-3,8,16,18H,4-7,9H2,1H3,(H,17,19). The number of hydrogen-bond acceptors (Lipinski definition) is 3. The maximum Gasteiger partial charge on any atom is 0.255 e. The highest BCUT2D eigenvalue weighted by atomic mass is 19.1. The van der Waals surface area contributed by atoms with Crippen LogP contribution >= 0.6 is 0 Å². The number of carbonyl (C=O) groups excluding carboxylic acids is 1. The van der Waals surface area contributed by atoms with Crippen LogP contribution in [0.4, 0.5) is 4.39 Å². The number of aromatic hydroxyl groups is 1. The molecule has 4 nitrogen and oxygen atoms in total. The minimum atomic E-state index is -0.531. The normalized spacial score (nSPS) is 18.0. The maximum atomic E-state index is 13.1. The minimum absolute atomic E-state index is 0.0162. The average Bonchev–Trinajstić information content (AvgIpc) is 2.40. The molecule has 1 heterocycles. The van der Waals surface area contributed by atoms with E-state index >= 15 is 0 Å². The first-order valence-corrected chi connectivity index (χ1v) is 6.48. The van der Waals surface area contributed by atoms with Crippen molar-refractivity contribution in [1.29, 1.82) is 0 Å². The molecule has 5 heteroatoms. The smallest absolute Gasteiger partial charge is 0.255 e. The Morgan fingerprint density at radius 3 is 2.84 bits per heavy atom. The van der Waals surface area contributed by atoms with E-state index < -0.39 is 11.7 Å². The molecule has 1 aliphatic heterocycles. The molecular formula is C14H19FN2O2. The molecule has 0 atom stereocenters. The second kappa shape index (κ2) is 5.57. The van der Waals surface area contributed by atoms with E-state index in [0.717, 1.165) is 38.1 Å². The van der Waals surface area contributed by atoms with Gasteiger partial charge in [0.25, 0.3) is 5.91 Å². The van der Waals surface area contributed by atoms with Crippen LogP contribution in [0.15, 0.2) is 18.2 Å². The lowest BCUT2D eigenvalue weighted by Crippen LogP contribution is -2.42. The van der Waals surface area contributed by atoms with E-state index in [0.29, 0.717) is 6.54 Å². The van der Waals surface area contributed by atoms with Crippen molar-refractivity contribution in [2.24, 2.45) is 5.41 Å². The highest BCUT2D eigenvalue weighted by Gasteiger charge is 2.27. The molecule has 0 bridgehead atoms. The topological polar surface area (TPSA) is 61.4 Å². The fourth-order valence-corrected chi connectivity index (χ4v) is 2.29. The summed E-state index contributed by atoms with van der Waals surface area (Å²) in [5, 5.41) is 15.6. The molecule has 1 aromatic carbocycles. The Bertz CT molecular complexity index is 471. The van der Waals surface area contributed by atoms with Gasteiger partial charge in [0.15, 0.2) is 0 Å². The number of phenols is 1. The van der Waals surface area contributed by atoms with E-state index in [1.54, 1.807) is 0 Å². The first-order chi connectivity index (χ1) is 9.00. The van der Waals surface area contributed by atoms with Gasteiger partial charge in [-0.3, -0.25) is 4.79 Å². The maximum absolute atomic E-state index is 13.1. The minimum Gasteiger partial charge on any atom is -0.507 e. The van der Waals surface area contributed by atoms with Crippen LogP contribution in [0.1, 0.15) is 30.1 Å². The predicted molar refractivity (Wildman–Crippen MR) is 70.6 cm³/mol. The molecule has 1 aliphatic rings. The molecule has 0 spiro atoms. The Hall–Kier alpha value is -1.62. The van der Waals surface area contributed by atoms with Crippen LogP contribution in [-0.4, -0.2) is 30.6 Å². The van der Waals surface area contributed by atoms with Crippen LogP contribution in [0, 0.1) is 11.2 Å². The van der Waals surface area contributed by atoms with Gasteiger partial charge in [-0.05, 0) is 49.5 Å². The van der Waals surface area contributed by atoms with Crippen molar-refractivity contribution >= 4 is 5.91 Å². The van der Waals surface area contributed by atoms with Gasteiger partial charge in [-0.2, -0.15) is 0 Å². The SMILES string of the molecule is CC1(CNC(=O)c2cc(F)ccc2O)CCNCC1. The van der Waals surface area contributed by atoms with Gasteiger partial charge in [0.2, 0.25) is 0 Å². The van der Waals surface area contributed by atoms with Gasteiger partial charge in [0.05, 0.1) is 5.56 Å². The lowest BCUT2D eigenvalue weighted by molar-refractivity contribution is 0.0919. The lowest BCUT2D eigenvalue weighted by Gasteiger charge is -2.34. The Balaban J connectivity index is 1.99. The van der Waals surface area contributed by atoms with E-state index in [9.17, 15) is 14.3 Å². The van der Waals surface area contributed by atoms with Crippen LogP contribution < -0.4 is 10.6 Å². The molecule has 104 valence electrons. The Kier molecular flexibility index (Phi) is 4.04. The number of halogens is 1. The lowest BCUT2D eigenvalue weighted by atomic mass is 9.81. The largest absolute Gasteiger partial charge is 0.507 e. The molecule has 0 unspecified atom stereocenters. The number of amides is 1. The van der Waals surface area contributed by atoms with E-state index in [2.05, 4.69) is 17.6 Å². The number of carbonyl (C=O) groups is 1. The zero-order chi connectivity index (χ0) is 13.9. The third-order valence-electron chi connectivity index (χ3n) is 3.69. The number of rotatable bonds is 3. The first-order valence-electron chi connectivity index (χ1n) is 6.48. The Morgan fingerprint density at radius 1 is 1.47 bits per heavy atom. The molecule has 0 radical (unpaired) electrons. The van der Waals surface area contributed by atoms with Crippen LogP contribution in [0.5, 0.6) is 5.75 Å². The summed E-state index contributed by atoms with van der Waals surface area (Å²) in [5.41, 5.74) is 0.0432. The number of hydrogen-bond donors (Lipinski definition) is 3. The van der Waals surface area contributed by atoms with Gasteiger partial charge in [-0.25, -0.2) is 4.39 Å². The molecule has 3 N–H and O–H groups in total. The zero-order valence-electron chi connectivity index (χ0n) is 11.0. The molecule has 1 aromatic rings. The summed E-state index contributed by atoms with van der Waals surface area (Å²) in [6.45, 7) is 4.54. The van der Waals surface area contributed by atoms with Crippen LogP contribution in [0.25, 0.3) is 0 Å². The second-order valence-corrected chi connectivity index (χ2v) is 5.40. The van der Waals surface area contributed by atoms with E-state index in [4.69, 9.17) is 0 Å². The van der Waals surface area contributed by atoms with Gasteiger partial charge >= 0.3 is 0 Å². The monoisotopic (exact) mass is 266 g/mol. The van der Waals surface area contributed by atoms with Crippen LogP contribution in [-0.2, 0) is 0 Å². The van der Waals surface area contributed by atoms with Crippen molar-refractivity contribution in [3.63, 3.8) is 0 Å². The molecule has 19 heavy (non-hydrogen) atoms. The van der Waals surface area contributed by atoms with Crippen molar-refractivity contribution in [3.8, 4) is 5.75 Å². The molecule has 1 amide bonds. The zero-order valence-corrected chi connectivity index (χ0v) is 11.0. The number of piperidine rings is 1. The molecule has 2 rings (SSSR count). The van der Waals surface area contributed by atoms with Crippen molar-refractivity contribution in [1.82, 2.24) is 10.6 Å². The fraction of sp³-hybridized carbons (Fsp3) is 0.500. The van der Waals surface area contributed by atoms with Crippen molar-refractivity contribution in [2.45, 2.75) is 19.8 Å². The van der Waals surface area contributed by atoms with Gasteiger partial charge in [0, 0.05) is 6.54 Å². The first kappa shape index (κ1) is 13.8. The number of phenolic OH excluding ortho intramolecular Hbond substituents is 1. The third-order valence-corrected chi connectivity index (χ3v) is 3.69. The van der Waals surface area contributed by atoms with Crippen molar-refractivity contribution in [2.75, 3.05) is 19.6 Å². The Morgan fingerprint density at radius 2 is 2.16 bits per heavy atom. The summed E-state index contributed by atoms with van der Waals surface area (Å²) in [7, 11) is 0. The summed E-state index contributed by atoms with van der Waals surface area (Å²) in [6.07, 6.45) is 1.98. The third kappa shape index (κ3) is 3.44. The van der Waals surface area contributed by atoms with Crippen LogP contribution in [0.3, 0.4) is 0 Å². The summed E-state index contributed by atoms with van der Waals surface area (Å²) >= 11 is 0. The van der Waals surface area contributed by atoms with Crippen molar-refractivity contribution in [3.05, 3.63) is 29.6 Å². The van der Waals surface area contributed by atoms with Gasteiger partial charge < -0.3 is 15.7 Å². The van der Waals surface area contributed by atoms with E-state index in [1.165, 1.54) is 6.07 Å². The van der Waals surface area contributed by atoms with Gasteiger partial charge in [-0.15, -0.1) is 0 Å². The molecular weight excluding hydrogens is 247 g/mol. The summed E-state index contributed by atoms with van der Waals surface area (Å²) in [4.78, 5) is 11.9. The summed E-state index contributed by atoms with van der Waals surface area (Å²) in [5.74, 6) is -1.16. The quantitative estimate of drug-likeness (QED) is 0.779. The molecule has 1 saturated heterocycles. The number of benzene rings is 1.